The minimum Gasteiger partial charge on any atom is -0.493 e. The standard InChI is InChI=1S/C19H14BrClN2O5/c1-27-15-9-11(20)7-10(16(15)28-2)8-14-17(24)22-19(26)23(18(14)25)13-5-3-12(21)4-6-13/h3-9H,1-2H3,(H,22,24,26)/b14-8+. The fourth-order valence-electron chi connectivity index (χ4n) is 2.70. The summed E-state index contributed by atoms with van der Waals surface area (Å²) in [5.74, 6) is -0.815. The van der Waals surface area contributed by atoms with Crippen LogP contribution in [-0.2, 0) is 9.59 Å². The molecule has 0 aliphatic carbocycles. The number of rotatable bonds is 4. The molecular formula is C19H14BrClN2O5. The quantitative estimate of drug-likeness (QED) is 0.549. The van der Waals surface area contributed by atoms with Gasteiger partial charge < -0.3 is 9.47 Å². The Bertz CT molecular complexity index is 1000. The van der Waals surface area contributed by atoms with E-state index in [2.05, 4.69) is 21.2 Å². The highest BCUT2D eigenvalue weighted by molar-refractivity contribution is 9.10. The number of halogens is 2. The number of ether oxygens (including phenoxy) is 2. The van der Waals surface area contributed by atoms with Crippen LogP contribution >= 0.6 is 27.5 Å². The van der Waals surface area contributed by atoms with Crippen molar-refractivity contribution in [1.29, 1.82) is 0 Å². The Balaban J connectivity index is 2.09. The summed E-state index contributed by atoms with van der Waals surface area (Å²) in [6.45, 7) is 0. The Kier molecular flexibility index (Phi) is 5.71. The molecule has 144 valence electrons. The number of anilines is 1. The van der Waals surface area contributed by atoms with Crippen molar-refractivity contribution in [3.8, 4) is 11.5 Å². The van der Waals surface area contributed by atoms with Gasteiger partial charge in [0.15, 0.2) is 11.5 Å². The van der Waals surface area contributed by atoms with Crippen molar-refractivity contribution >= 4 is 57.1 Å². The zero-order chi connectivity index (χ0) is 20.4. The lowest BCUT2D eigenvalue weighted by Gasteiger charge is -2.26. The Labute approximate surface area is 174 Å². The van der Waals surface area contributed by atoms with Gasteiger partial charge in [0, 0.05) is 15.1 Å². The first-order chi connectivity index (χ1) is 13.3. The van der Waals surface area contributed by atoms with E-state index in [4.69, 9.17) is 21.1 Å². The summed E-state index contributed by atoms with van der Waals surface area (Å²) < 4.78 is 11.3. The number of benzene rings is 2. The minimum absolute atomic E-state index is 0.229. The topological polar surface area (TPSA) is 84.9 Å². The molecule has 4 amide bonds. The second-order valence-electron chi connectivity index (χ2n) is 5.66. The van der Waals surface area contributed by atoms with E-state index in [9.17, 15) is 14.4 Å². The van der Waals surface area contributed by atoms with Crippen LogP contribution in [0.15, 0.2) is 46.4 Å². The summed E-state index contributed by atoms with van der Waals surface area (Å²) in [5.41, 5.74) is 0.481. The van der Waals surface area contributed by atoms with Gasteiger partial charge in [-0.3, -0.25) is 14.9 Å². The highest BCUT2D eigenvalue weighted by atomic mass is 79.9. The second kappa shape index (κ2) is 8.04. The lowest BCUT2D eigenvalue weighted by Crippen LogP contribution is -2.54. The first-order valence-electron chi connectivity index (χ1n) is 7.94. The number of barbiturate groups is 1. The first kappa shape index (κ1) is 19.9. The van der Waals surface area contributed by atoms with Gasteiger partial charge >= 0.3 is 6.03 Å². The van der Waals surface area contributed by atoms with Gasteiger partial charge in [-0.25, -0.2) is 9.69 Å². The molecular weight excluding hydrogens is 452 g/mol. The van der Waals surface area contributed by atoms with E-state index >= 15 is 0 Å². The molecule has 0 atom stereocenters. The molecule has 1 aliphatic rings. The van der Waals surface area contributed by atoms with Crippen LogP contribution in [-0.4, -0.2) is 32.1 Å². The first-order valence-corrected chi connectivity index (χ1v) is 9.11. The number of imide groups is 2. The van der Waals surface area contributed by atoms with Crippen LogP contribution in [0.3, 0.4) is 0 Å². The van der Waals surface area contributed by atoms with Gasteiger partial charge in [0.1, 0.15) is 5.57 Å². The Hall–Kier alpha value is -2.84. The summed E-state index contributed by atoms with van der Waals surface area (Å²) in [6, 6.07) is 8.61. The molecule has 2 aromatic carbocycles. The van der Waals surface area contributed by atoms with Crippen molar-refractivity contribution in [2.75, 3.05) is 19.1 Å². The number of methoxy groups -OCH3 is 2. The number of nitrogens with one attached hydrogen (secondary N) is 1. The number of carbonyl (C=O) groups is 3. The third-order valence-electron chi connectivity index (χ3n) is 3.96. The van der Waals surface area contributed by atoms with Gasteiger partial charge in [0.2, 0.25) is 0 Å². The zero-order valence-corrected chi connectivity index (χ0v) is 17.1. The number of nitrogens with zero attached hydrogens (tertiary/aromatic N) is 1. The zero-order valence-electron chi connectivity index (χ0n) is 14.8. The summed E-state index contributed by atoms with van der Waals surface area (Å²) in [4.78, 5) is 38.4. The molecule has 2 aromatic rings. The van der Waals surface area contributed by atoms with Gasteiger partial charge in [0.25, 0.3) is 11.8 Å². The Morgan fingerprint density at radius 2 is 1.75 bits per heavy atom. The third kappa shape index (κ3) is 3.74. The van der Waals surface area contributed by atoms with Crippen molar-refractivity contribution in [3.05, 3.63) is 57.0 Å². The number of hydrogen-bond acceptors (Lipinski definition) is 5. The van der Waals surface area contributed by atoms with Crippen molar-refractivity contribution in [1.82, 2.24) is 5.32 Å². The molecule has 0 radical (unpaired) electrons. The molecule has 7 nitrogen and oxygen atoms in total. The van der Waals surface area contributed by atoms with E-state index in [1.807, 2.05) is 0 Å². The molecule has 0 saturated carbocycles. The number of carbonyl (C=O) groups excluding carboxylic acids is 3. The maximum absolute atomic E-state index is 12.9. The molecule has 0 unspecified atom stereocenters. The molecule has 9 heteroatoms. The highest BCUT2D eigenvalue weighted by Gasteiger charge is 2.37. The van der Waals surface area contributed by atoms with Crippen molar-refractivity contribution < 1.29 is 23.9 Å². The van der Waals surface area contributed by atoms with Gasteiger partial charge in [-0.2, -0.15) is 0 Å². The lowest BCUT2D eigenvalue weighted by molar-refractivity contribution is -0.122. The van der Waals surface area contributed by atoms with Crippen LogP contribution in [0.25, 0.3) is 6.08 Å². The molecule has 1 saturated heterocycles. The monoisotopic (exact) mass is 464 g/mol. The fraction of sp³-hybridized carbons (Fsp3) is 0.105. The number of urea groups is 1. The molecule has 1 heterocycles. The summed E-state index contributed by atoms with van der Waals surface area (Å²) in [7, 11) is 2.92. The molecule has 28 heavy (non-hydrogen) atoms. The second-order valence-corrected chi connectivity index (χ2v) is 7.02. The van der Waals surface area contributed by atoms with E-state index in [0.29, 0.717) is 26.6 Å². The van der Waals surface area contributed by atoms with Crippen molar-refractivity contribution in [2.24, 2.45) is 0 Å². The molecule has 0 spiro atoms. The molecule has 1 fully saturated rings. The molecule has 0 bridgehead atoms. The molecule has 3 rings (SSSR count). The predicted molar refractivity (Wildman–Crippen MR) is 108 cm³/mol. The SMILES string of the molecule is COc1cc(Br)cc(/C=C2\C(=O)NC(=O)N(c3ccc(Cl)cc3)C2=O)c1OC. The van der Waals surface area contributed by atoms with Crippen molar-refractivity contribution in [2.45, 2.75) is 0 Å². The van der Waals surface area contributed by atoms with Gasteiger partial charge in [-0.1, -0.05) is 27.5 Å². The van der Waals surface area contributed by atoms with E-state index < -0.39 is 17.8 Å². The molecule has 1 aliphatic heterocycles. The summed E-state index contributed by atoms with van der Waals surface area (Å²) >= 11 is 9.21. The third-order valence-corrected chi connectivity index (χ3v) is 4.67. The van der Waals surface area contributed by atoms with Crippen LogP contribution in [0.2, 0.25) is 5.02 Å². The largest absolute Gasteiger partial charge is 0.493 e. The van der Waals surface area contributed by atoms with Crippen LogP contribution in [0.4, 0.5) is 10.5 Å². The minimum atomic E-state index is -0.840. The summed E-state index contributed by atoms with van der Waals surface area (Å²) in [5, 5.41) is 2.62. The van der Waals surface area contributed by atoms with E-state index in [1.54, 1.807) is 24.3 Å². The van der Waals surface area contributed by atoms with Crippen molar-refractivity contribution in [3.63, 3.8) is 0 Å². The summed E-state index contributed by atoms with van der Waals surface area (Å²) in [6.07, 6.45) is 1.35. The van der Waals surface area contributed by atoms with E-state index in [0.717, 1.165) is 4.90 Å². The Morgan fingerprint density at radius 3 is 2.36 bits per heavy atom. The van der Waals surface area contributed by atoms with Gasteiger partial charge in [0.05, 0.1) is 19.9 Å². The van der Waals surface area contributed by atoms with Crippen LogP contribution < -0.4 is 19.7 Å². The predicted octanol–water partition coefficient (Wildman–Crippen LogP) is 3.79. The van der Waals surface area contributed by atoms with Crippen LogP contribution in [0.1, 0.15) is 5.56 Å². The molecule has 0 aromatic heterocycles. The maximum Gasteiger partial charge on any atom is 0.335 e. The van der Waals surface area contributed by atoms with Gasteiger partial charge in [-0.15, -0.1) is 0 Å². The number of amides is 4. The molecule has 1 N–H and O–H groups in total. The average molecular weight is 466 g/mol. The average Bonchev–Trinajstić information content (AvgIpc) is 2.66. The Morgan fingerprint density at radius 1 is 1.07 bits per heavy atom. The normalized spacial score (nSPS) is 15.6. The highest BCUT2D eigenvalue weighted by Crippen LogP contribution is 2.36. The maximum atomic E-state index is 12.9. The van der Waals surface area contributed by atoms with Crippen LogP contribution in [0, 0.1) is 0 Å². The lowest BCUT2D eigenvalue weighted by atomic mass is 10.1. The van der Waals surface area contributed by atoms with Crippen LogP contribution in [0.5, 0.6) is 11.5 Å². The van der Waals surface area contributed by atoms with E-state index in [1.165, 1.54) is 32.4 Å². The fourth-order valence-corrected chi connectivity index (χ4v) is 3.28. The smallest absolute Gasteiger partial charge is 0.335 e. The van der Waals surface area contributed by atoms with E-state index in [-0.39, 0.29) is 11.3 Å². The number of hydrogen-bond donors (Lipinski definition) is 1. The van der Waals surface area contributed by atoms with Gasteiger partial charge in [-0.05, 0) is 42.5 Å².